The molecule has 6 heteroatoms. The fourth-order valence-electron chi connectivity index (χ4n) is 11.9. The molecule has 0 fully saturated rings. The smallest absolute Gasteiger partial charge is 0.200 e. The first kappa shape index (κ1) is 45.2. The highest BCUT2D eigenvalue weighted by molar-refractivity contribution is 6.22. The Bertz CT molecular complexity index is 4270. The molecule has 76 heavy (non-hydrogen) atoms. The summed E-state index contributed by atoms with van der Waals surface area (Å²) in [5.74, 6) is 0. The number of fused-ring (bicyclic) bond motifs is 11. The highest BCUT2D eigenvalue weighted by Gasteiger charge is 2.53. The van der Waals surface area contributed by atoms with Crippen molar-refractivity contribution < 1.29 is 19.0 Å². The summed E-state index contributed by atoms with van der Waals surface area (Å²) in [4.78, 5) is 4.10. The zero-order valence-corrected chi connectivity index (χ0v) is 41.6. The van der Waals surface area contributed by atoms with Crippen molar-refractivity contribution in [2.75, 3.05) is 16.3 Å². The van der Waals surface area contributed by atoms with Crippen LogP contribution in [-0.2, 0) is 5.72 Å². The fourth-order valence-corrected chi connectivity index (χ4v) is 11.9. The van der Waals surface area contributed by atoms with Gasteiger partial charge in [-0.05, 0) is 82.8 Å². The summed E-state index contributed by atoms with van der Waals surface area (Å²) in [5, 5.41) is 32.2. The molecule has 13 aromatic rings. The molecule has 11 aromatic carbocycles. The lowest BCUT2D eigenvalue weighted by atomic mass is 9.73. The minimum Gasteiger partial charge on any atom is -0.455 e. The first-order valence-electron chi connectivity index (χ1n) is 25.9. The van der Waals surface area contributed by atoms with Crippen LogP contribution in [0.4, 0.5) is 22.7 Å². The van der Waals surface area contributed by atoms with Crippen molar-refractivity contribution in [2.24, 2.45) is 0 Å². The molecule has 1 aliphatic carbocycles. The third kappa shape index (κ3) is 7.10. The second-order valence-corrected chi connectivity index (χ2v) is 19.6. The number of hydrogen-bond donors (Lipinski definition) is 2. The number of para-hydroxylation sites is 4. The minimum atomic E-state index is -2.14. The Kier molecular flexibility index (Phi) is 10.8. The van der Waals surface area contributed by atoms with Gasteiger partial charge >= 0.3 is 0 Å². The standard InChI is InChI=1S/C70H50N2O4/c1-2-71(51-26-14-6-15-27-51)60-44-61-62(58-33-19-31-54(67(58)75-61)49-24-12-5-13-25-49)65-63-59(43-42-57-56-32-18-30-55(66(56)76-68(57)63)50-36-34-47(35-37-50)45-20-8-3-9-21-45)70(74,69(73)64(60)65)72(52-28-16-7-17-29-52)53-40-38-48(39-41-53)46-22-10-4-11-23-46/h3-44,69,73-74H,2H2,1H3. The number of hydrogen-bond acceptors (Lipinski definition) is 6. The van der Waals surface area contributed by atoms with Crippen molar-refractivity contribution in [1.29, 1.82) is 0 Å². The Morgan fingerprint density at radius 1 is 0.421 bits per heavy atom. The number of furan rings is 2. The first-order chi connectivity index (χ1) is 37.5. The number of rotatable bonds is 10. The maximum absolute atomic E-state index is 14.6. The van der Waals surface area contributed by atoms with Crippen LogP contribution in [0.2, 0.25) is 0 Å². The van der Waals surface area contributed by atoms with E-state index in [9.17, 15) is 10.2 Å². The van der Waals surface area contributed by atoms with Crippen LogP contribution in [0.3, 0.4) is 0 Å². The van der Waals surface area contributed by atoms with Gasteiger partial charge in [0.1, 0.15) is 28.4 Å². The van der Waals surface area contributed by atoms with E-state index in [0.29, 0.717) is 51.5 Å². The van der Waals surface area contributed by atoms with Gasteiger partial charge in [-0.25, -0.2) is 0 Å². The van der Waals surface area contributed by atoms with E-state index in [-0.39, 0.29) is 0 Å². The van der Waals surface area contributed by atoms with Crippen LogP contribution in [0.5, 0.6) is 0 Å². The van der Waals surface area contributed by atoms with Gasteiger partial charge in [0, 0.05) is 84.6 Å². The lowest BCUT2D eigenvalue weighted by Gasteiger charge is -2.49. The maximum Gasteiger partial charge on any atom is 0.200 e. The van der Waals surface area contributed by atoms with Gasteiger partial charge < -0.3 is 28.8 Å². The quantitative estimate of drug-likeness (QED) is 0.133. The molecule has 364 valence electrons. The number of nitrogens with zero attached hydrogens (tertiary/aromatic N) is 2. The predicted octanol–water partition coefficient (Wildman–Crippen LogP) is 18.0. The third-order valence-corrected chi connectivity index (χ3v) is 15.4. The normalized spacial score (nSPS) is 15.0. The number of benzene rings is 11. The minimum absolute atomic E-state index is 0.485. The van der Waals surface area contributed by atoms with Gasteiger partial charge in [-0.15, -0.1) is 0 Å². The van der Waals surface area contributed by atoms with Gasteiger partial charge in [0.25, 0.3) is 0 Å². The molecule has 6 nitrogen and oxygen atoms in total. The van der Waals surface area contributed by atoms with Crippen molar-refractivity contribution in [1.82, 2.24) is 0 Å². The number of aliphatic hydroxyl groups is 2. The van der Waals surface area contributed by atoms with Crippen LogP contribution in [-0.4, -0.2) is 16.8 Å². The molecule has 1 aliphatic rings. The molecule has 2 N–H and O–H groups in total. The molecule has 0 saturated heterocycles. The number of anilines is 4. The van der Waals surface area contributed by atoms with Gasteiger partial charge in [0.2, 0.25) is 5.72 Å². The van der Waals surface area contributed by atoms with Crippen molar-refractivity contribution in [3.63, 3.8) is 0 Å². The van der Waals surface area contributed by atoms with Crippen molar-refractivity contribution in [2.45, 2.75) is 18.8 Å². The molecule has 0 aliphatic heterocycles. The van der Waals surface area contributed by atoms with E-state index in [1.807, 2.05) is 114 Å². The summed E-state index contributed by atoms with van der Waals surface area (Å²) in [6, 6.07) is 86.7. The van der Waals surface area contributed by atoms with Gasteiger partial charge in [-0.2, -0.15) is 0 Å². The third-order valence-electron chi connectivity index (χ3n) is 15.4. The molecule has 2 unspecified atom stereocenters. The molecule has 2 heterocycles. The van der Waals surface area contributed by atoms with Crippen molar-refractivity contribution in [3.8, 4) is 55.6 Å². The van der Waals surface area contributed by atoms with E-state index in [0.717, 1.165) is 88.5 Å². The largest absolute Gasteiger partial charge is 0.455 e. The molecule has 0 spiro atoms. The molecular formula is C70H50N2O4. The van der Waals surface area contributed by atoms with E-state index < -0.39 is 11.8 Å². The molecule has 0 amide bonds. The summed E-state index contributed by atoms with van der Waals surface area (Å²) in [6.07, 6.45) is -1.55. The second kappa shape index (κ2) is 18.2. The van der Waals surface area contributed by atoms with Crippen molar-refractivity contribution >= 4 is 66.6 Å². The lowest BCUT2D eigenvalue weighted by molar-refractivity contribution is -0.0788. The van der Waals surface area contributed by atoms with Gasteiger partial charge in [0.15, 0.2) is 0 Å². The Morgan fingerprint density at radius 3 is 1.47 bits per heavy atom. The Balaban J connectivity index is 1.11. The monoisotopic (exact) mass is 982 g/mol. The van der Waals surface area contributed by atoms with E-state index >= 15 is 0 Å². The van der Waals surface area contributed by atoms with Gasteiger partial charge in [-0.3, -0.25) is 0 Å². The fraction of sp³-hybridized carbons (Fsp3) is 0.0571. The second-order valence-electron chi connectivity index (χ2n) is 19.6. The number of aliphatic hydroxyl groups excluding tert-OH is 1. The van der Waals surface area contributed by atoms with Crippen LogP contribution in [0.25, 0.3) is 99.5 Å². The van der Waals surface area contributed by atoms with Crippen LogP contribution >= 0.6 is 0 Å². The molecule has 14 rings (SSSR count). The molecular weight excluding hydrogens is 933 g/mol. The summed E-state index contributed by atoms with van der Waals surface area (Å²) >= 11 is 0. The highest BCUT2D eigenvalue weighted by Crippen LogP contribution is 2.61. The lowest BCUT2D eigenvalue weighted by Crippen LogP contribution is -2.50. The summed E-state index contributed by atoms with van der Waals surface area (Å²) in [6.45, 7) is 2.65. The molecule has 0 saturated carbocycles. The Hall–Kier alpha value is -9.46. The van der Waals surface area contributed by atoms with E-state index in [2.05, 4.69) is 157 Å². The summed E-state index contributed by atoms with van der Waals surface area (Å²) in [7, 11) is 0. The first-order valence-corrected chi connectivity index (χ1v) is 25.9. The average Bonchev–Trinajstić information content (AvgIpc) is 4.23. The predicted molar refractivity (Wildman–Crippen MR) is 311 cm³/mol. The Morgan fingerprint density at radius 2 is 0.882 bits per heavy atom. The van der Waals surface area contributed by atoms with Gasteiger partial charge in [-0.1, -0.05) is 206 Å². The van der Waals surface area contributed by atoms with Crippen LogP contribution < -0.4 is 9.80 Å². The SMILES string of the molecule is CCN(c1ccccc1)c1cc2oc3c(-c4ccccc4)cccc3c2c2c1C(O)C(O)(N(c1ccccc1)c1ccc(-c3ccccc3)cc1)c1ccc3c(oc4c(-c5ccc(-c6ccccc6)cc5)cccc43)c1-2. The van der Waals surface area contributed by atoms with Crippen LogP contribution in [0.15, 0.2) is 264 Å². The summed E-state index contributed by atoms with van der Waals surface area (Å²) < 4.78 is 14.7. The topological polar surface area (TPSA) is 73.2 Å². The average molecular weight is 983 g/mol. The molecule has 0 bridgehead atoms. The Labute approximate surface area is 440 Å². The zero-order valence-electron chi connectivity index (χ0n) is 41.6. The van der Waals surface area contributed by atoms with Crippen LogP contribution in [0, 0.1) is 0 Å². The highest BCUT2D eigenvalue weighted by atomic mass is 16.4. The van der Waals surface area contributed by atoms with E-state index in [1.54, 1.807) is 0 Å². The molecule has 2 atom stereocenters. The zero-order chi connectivity index (χ0) is 50.9. The summed E-state index contributed by atoms with van der Waals surface area (Å²) in [5.41, 5.74) is 14.3. The van der Waals surface area contributed by atoms with E-state index in [4.69, 9.17) is 8.83 Å². The van der Waals surface area contributed by atoms with Crippen molar-refractivity contribution in [3.05, 3.63) is 266 Å². The van der Waals surface area contributed by atoms with Gasteiger partial charge in [0.05, 0.1) is 5.69 Å². The maximum atomic E-state index is 14.6. The molecule has 0 radical (unpaired) electrons. The van der Waals surface area contributed by atoms with Crippen LogP contribution in [0.1, 0.15) is 24.2 Å². The van der Waals surface area contributed by atoms with E-state index in [1.165, 1.54) is 0 Å². The molecule has 2 aromatic heterocycles.